The Morgan fingerprint density at radius 2 is 2.20 bits per heavy atom. The molecule has 0 saturated carbocycles. The SMILES string of the molecule is CC(C)CN(CCC#N)c1cc(F)c(Br)cc1[N+](=O)[O-]. The van der Waals surface area contributed by atoms with Gasteiger partial charge in [0, 0.05) is 25.2 Å². The summed E-state index contributed by atoms with van der Waals surface area (Å²) in [5.74, 6) is -0.323. The lowest BCUT2D eigenvalue weighted by Crippen LogP contribution is -2.29. The second kappa shape index (κ2) is 7.20. The zero-order chi connectivity index (χ0) is 15.3. The average Bonchev–Trinajstić information content (AvgIpc) is 2.36. The normalized spacial score (nSPS) is 10.4. The summed E-state index contributed by atoms with van der Waals surface area (Å²) in [6.45, 7) is 4.76. The minimum Gasteiger partial charge on any atom is -0.365 e. The maximum absolute atomic E-state index is 13.7. The molecule has 5 nitrogen and oxygen atoms in total. The van der Waals surface area contributed by atoms with E-state index in [1.807, 2.05) is 19.9 Å². The van der Waals surface area contributed by atoms with Crippen molar-refractivity contribution in [2.45, 2.75) is 20.3 Å². The fourth-order valence-corrected chi connectivity index (χ4v) is 2.19. The van der Waals surface area contributed by atoms with E-state index in [9.17, 15) is 14.5 Å². The Balaban J connectivity index is 3.26. The van der Waals surface area contributed by atoms with E-state index < -0.39 is 10.7 Å². The third-order valence-corrected chi connectivity index (χ3v) is 3.24. The Labute approximate surface area is 125 Å². The number of hydrogen-bond donors (Lipinski definition) is 0. The molecule has 0 aliphatic rings. The summed E-state index contributed by atoms with van der Waals surface area (Å²) in [5.41, 5.74) is 0.0384. The smallest absolute Gasteiger partial charge is 0.293 e. The number of nitrogens with zero attached hydrogens (tertiary/aromatic N) is 3. The first-order chi connectivity index (χ1) is 9.36. The molecular weight excluding hydrogens is 329 g/mol. The molecular formula is C13H15BrFN3O2. The van der Waals surface area contributed by atoms with Crippen LogP contribution in [0.15, 0.2) is 16.6 Å². The van der Waals surface area contributed by atoms with Gasteiger partial charge in [-0.15, -0.1) is 0 Å². The van der Waals surface area contributed by atoms with Crippen molar-refractivity contribution in [1.82, 2.24) is 0 Å². The largest absolute Gasteiger partial charge is 0.365 e. The molecule has 0 atom stereocenters. The summed E-state index contributed by atoms with van der Waals surface area (Å²) < 4.78 is 13.7. The van der Waals surface area contributed by atoms with Crippen molar-refractivity contribution in [2.24, 2.45) is 5.92 Å². The molecule has 0 unspecified atom stereocenters. The number of nitriles is 1. The van der Waals surface area contributed by atoms with Gasteiger partial charge in [-0.05, 0) is 21.8 Å². The van der Waals surface area contributed by atoms with E-state index in [2.05, 4.69) is 15.9 Å². The van der Waals surface area contributed by atoms with E-state index in [-0.39, 0.29) is 28.2 Å². The molecule has 0 fully saturated rings. The van der Waals surface area contributed by atoms with E-state index in [0.717, 1.165) is 12.1 Å². The Morgan fingerprint density at radius 1 is 1.55 bits per heavy atom. The lowest BCUT2D eigenvalue weighted by atomic mass is 10.1. The Morgan fingerprint density at radius 3 is 2.70 bits per heavy atom. The summed E-state index contributed by atoms with van der Waals surface area (Å²) >= 11 is 2.95. The molecule has 0 radical (unpaired) electrons. The van der Waals surface area contributed by atoms with Gasteiger partial charge < -0.3 is 4.90 Å². The first-order valence-corrected chi connectivity index (χ1v) is 6.91. The van der Waals surface area contributed by atoms with Gasteiger partial charge in [0.25, 0.3) is 5.69 Å². The summed E-state index contributed by atoms with van der Waals surface area (Å²) in [5, 5.41) is 19.8. The molecule has 108 valence electrons. The van der Waals surface area contributed by atoms with Crippen molar-refractivity contribution in [2.75, 3.05) is 18.0 Å². The monoisotopic (exact) mass is 343 g/mol. The molecule has 0 aliphatic heterocycles. The van der Waals surface area contributed by atoms with Crippen molar-refractivity contribution in [3.63, 3.8) is 0 Å². The van der Waals surface area contributed by atoms with Crippen LogP contribution in [-0.2, 0) is 0 Å². The van der Waals surface area contributed by atoms with Gasteiger partial charge in [-0.3, -0.25) is 10.1 Å². The molecule has 20 heavy (non-hydrogen) atoms. The van der Waals surface area contributed by atoms with Gasteiger partial charge in [-0.25, -0.2) is 4.39 Å². The van der Waals surface area contributed by atoms with E-state index in [1.54, 1.807) is 4.90 Å². The third-order valence-electron chi connectivity index (χ3n) is 2.63. The van der Waals surface area contributed by atoms with Crippen LogP contribution in [0.5, 0.6) is 0 Å². The highest BCUT2D eigenvalue weighted by atomic mass is 79.9. The summed E-state index contributed by atoms with van der Waals surface area (Å²) in [4.78, 5) is 12.3. The zero-order valence-corrected chi connectivity index (χ0v) is 12.9. The van der Waals surface area contributed by atoms with Crippen molar-refractivity contribution >= 4 is 27.3 Å². The molecule has 0 aromatic heterocycles. The predicted molar refractivity (Wildman–Crippen MR) is 78.0 cm³/mol. The second-order valence-electron chi connectivity index (χ2n) is 4.76. The molecule has 1 aromatic rings. The number of anilines is 1. The third kappa shape index (κ3) is 4.17. The molecule has 1 aromatic carbocycles. The van der Waals surface area contributed by atoms with Gasteiger partial charge in [0.1, 0.15) is 11.5 Å². The van der Waals surface area contributed by atoms with Crippen LogP contribution in [-0.4, -0.2) is 18.0 Å². The number of nitro benzene ring substituents is 1. The molecule has 0 amide bonds. The number of hydrogen-bond acceptors (Lipinski definition) is 4. The lowest BCUT2D eigenvalue weighted by Gasteiger charge is -2.25. The van der Waals surface area contributed by atoms with E-state index in [0.29, 0.717) is 13.1 Å². The molecule has 0 N–H and O–H groups in total. The fourth-order valence-electron chi connectivity index (χ4n) is 1.86. The highest BCUT2D eigenvalue weighted by Gasteiger charge is 2.22. The van der Waals surface area contributed by atoms with Crippen LogP contribution < -0.4 is 4.90 Å². The zero-order valence-electron chi connectivity index (χ0n) is 11.3. The van der Waals surface area contributed by atoms with Crippen LogP contribution >= 0.6 is 15.9 Å². The quantitative estimate of drug-likeness (QED) is 0.580. The number of nitro groups is 1. The van der Waals surface area contributed by atoms with Gasteiger partial charge in [0.15, 0.2) is 0 Å². The first kappa shape index (κ1) is 16.4. The average molecular weight is 344 g/mol. The number of halogens is 2. The van der Waals surface area contributed by atoms with E-state index >= 15 is 0 Å². The number of rotatable bonds is 6. The van der Waals surface area contributed by atoms with Crippen LogP contribution in [0, 0.1) is 33.2 Å². The highest BCUT2D eigenvalue weighted by Crippen LogP contribution is 2.33. The molecule has 0 spiro atoms. The molecule has 0 heterocycles. The van der Waals surface area contributed by atoms with E-state index in [4.69, 9.17) is 5.26 Å². The molecule has 0 saturated heterocycles. The topological polar surface area (TPSA) is 70.2 Å². The minimum absolute atomic E-state index is 0.0535. The lowest BCUT2D eigenvalue weighted by molar-refractivity contribution is -0.384. The Hall–Kier alpha value is -1.68. The van der Waals surface area contributed by atoms with Crippen molar-refractivity contribution in [3.05, 3.63) is 32.5 Å². The van der Waals surface area contributed by atoms with Crippen LogP contribution in [0.1, 0.15) is 20.3 Å². The van der Waals surface area contributed by atoms with E-state index in [1.165, 1.54) is 0 Å². The maximum Gasteiger partial charge on any atom is 0.293 e. The summed E-state index contributed by atoms with van der Waals surface area (Å²) in [6.07, 6.45) is 0.224. The van der Waals surface area contributed by atoms with Gasteiger partial charge in [0.2, 0.25) is 0 Å². The molecule has 0 aliphatic carbocycles. The Kier molecular flexibility index (Phi) is 5.89. The number of benzene rings is 1. The minimum atomic E-state index is -0.559. The predicted octanol–water partition coefficient (Wildman–Crippen LogP) is 3.87. The van der Waals surface area contributed by atoms with Crippen LogP contribution in [0.25, 0.3) is 0 Å². The van der Waals surface area contributed by atoms with Gasteiger partial charge in [-0.2, -0.15) is 5.26 Å². The van der Waals surface area contributed by atoms with Crippen molar-refractivity contribution in [1.29, 1.82) is 5.26 Å². The van der Waals surface area contributed by atoms with Gasteiger partial charge in [-0.1, -0.05) is 13.8 Å². The second-order valence-corrected chi connectivity index (χ2v) is 5.61. The summed E-state index contributed by atoms with van der Waals surface area (Å²) in [7, 11) is 0. The molecule has 0 bridgehead atoms. The van der Waals surface area contributed by atoms with Crippen LogP contribution in [0.2, 0.25) is 0 Å². The van der Waals surface area contributed by atoms with Gasteiger partial charge in [0.05, 0.1) is 21.9 Å². The van der Waals surface area contributed by atoms with Crippen LogP contribution in [0.4, 0.5) is 15.8 Å². The fraction of sp³-hybridized carbons (Fsp3) is 0.462. The molecule has 1 rings (SSSR count). The standard InChI is InChI=1S/C13H15BrFN3O2/c1-9(2)8-17(5-3-4-16)12-7-11(15)10(14)6-13(12)18(19)20/h6-7,9H,3,5,8H2,1-2H3. The van der Waals surface area contributed by atoms with Gasteiger partial charge >= 0.3 is 0 Å². The Bertz CT molecular complexity index is 543. The maximum atomic E-state index is 13.7. The van der Waals surface area contributed by atoms with Crippen molar-refractivity contribution < 1.29 is 9.31 Å². The highest BCUT2D eigenvalue weighted by molar-refractivity contribution is 9.10. The first-order valence-electron chi connectivity index (χ1n) is 6.12. The van der Waals surface area contributed by atoms with Crippen LogP contribution in [0.3, 0.4) is 0 Å². The van der Waals surface area contributed by atoms with Crippen molar-refractivity contribution in [3.8, 4) is 6.07 Å². The molecule has 7 heteroatoms. The summed E-state index contributed by atoms with van der Waals surface area (Å²) in [6, 6.07) is 4.30.